The van der Waals surface area contributed by atoms with E-state index in [0.717, 1.165) is 73.5 Å². The molecule has 0 saturated heterocycles. The number of anilines is 4. The van der Waals surface area contributed by atoms with Crippen molar-refractivity contribution in [3.63, 3.8) is 0 Å². The minimum atomic E-state index is -0.153. The number of nitrogens with zero attached hydrogens (tertiary/aromatic N) is 4. The molecule has 0 amide bonds. The molecular formula is C49H54Cl8N12O3. The summed E-state index contributed by atoms with van der Waals surface area (Å²) in [6.07, 6.45) is 2.05. The van der Waals surface area contributed by atoms with E-state index in [0.29, 0.717) is 66.4 Å². The number of rotatable bonds is 12. The molecule has 3 aromatic heterocycles. The average molecular weight is 1140 g/mol. The zero-order valence-corrected chi connectivity index (χ0v) is 46.5. The van der Waals surface area contributed by atoms with Gasteiger partial charge in [0.1, 0.15) is 0 Å². The third kappa shape index (κ3) is 16.0. The van der Waals surface area contributed by atoms with Crippen molar-refractivity contribution in [2.45, 2.75) is 47.3 Å². The second kappa shape index (κ2) is 25.9. The van der Waals surface area contributed by atoms with E-state index in [1.807, 2.05) is 82.1 Å². The Labute approximate surface area is 456 Å². The highest BCUT2D eigenvalue weighted by molar-refractivity contribution is 6.38. The molecule has 8 rings (SSSR count). The van der Waals surface area contributed by atoms with Crippen LogP contribution in [0.3, 0.4) is 0 Å². The first-order valence-corrected chi connectivity index (χ1v) is 24.8. The van der Waals surface area contributed by atoms with Gasteiger partial charge in [0.2, 0.25) is 0 Å². The molecular weight excluding hydrogens is 1090 g/mol. The monoisotopic (exact) mass is 1140 g/mol. The number of hydrazine groups is 1. The van der Waals surface area contributed by atoms with Gasteiger partial charge in [-0.25, -0.2) is 0 Å². The van der Waals surface area contributed by atoms with Crippen LogP contribution in [-0.2, 0) is 33.7 Å². The van der Waals surface area contributed by atoms with Gasteiger partial charge < -0.3 is 26.4 Å². The Hall–Kier alpha value is -5.49. The topological polar surface area (TPSA) is 179 Å². The molecule has 1 aliphatic heterocycles. The molecule has 7 aromatic rings. The molecule has 4 heterocycles. The number of hydrogen-bond donors (Lipinski definition) is 8. The van der Waals surface area contributed by atoms with Crippen LogP contribution >= 0.6 is 92.8 Å². The fourth-order valence-corrected chi connectivity index (χ4v) is 8.45. The Kier molecular flexibility index (Phi) is 20.7. The minimum absolute atomic E-state index is 0.0646. The third-order valence-electron chi connectivity index (χ3n) is 11.1. The second-order valence-corrected chi connectivity index (χ2v) is 19.8. The maximum absolute atomic E-state index is 11.3. The van der Waals surface area contributed by atoms with Gasteiger partial charge in [-0.15, -0.1) is 0 Å². The van der Waals surface area contributed by atoms with E-state index in [-0.39, 0.29) is 16.7 Å². The summed E-state index contributed by atoms with van der Waals surface area (Å²) in [5.41, 5.74) is 11.3. The number of benzene rings is 4. The van der Waals surface area contributed by atoms with Crippen molar-refractivity contribution >= 4 is 116 Å². The molecule has 72 heavy (non-hydrogen) atoms. The second-order valence-electron chi connectivity index (χ2n) is 16.5. The van der Waals surface area contributed by atoms with Gasteiger partial charge in [0.15, 0.2) is 0 Å². The summed E-state index contributed by atoms with van der Waals surface area (Å²) in [6.45, 7) is 13.8. The van der Waals surface area contributed by atoms with Crippen LogP contribution in [0.1, 0.15) is 39.3 Å². The maximum atomic E-state index is 11.3. The Bertz CT molecular complexity index is 3260. The summed E-state index contributed by atoms with van der Waals surface area (Å²) >= 11 is 48.3. The highest BCUT2D eigenvalue weighted by Crippen LogP contribution is 2.32. The summed E-state index contributed by atoms with van der Waals surface area (Å²) in [6, 6.07) is 19.0. The van der Waals surface area contributed by atoms with Gasteiger partial charge in [-0.2, -0.15) is 0 Å². The number of aromatic amines is 4. The summed E-state index contributed by atoms with van der Waals surface area (Å²) in [5, 5.41) is 32.5. The predicted octanol–water partition coefficient (Wildman–Crippen LogP) is 12.7. The smallest absolute Gasteiger partial charge is 0.266 e. The Morgan fingerprint density at radius 1 is 0.444 bits per heavy atom. The number of nitrogens with one attached hydrogen (secondary N) is 8. The highest BCUT2D eigenvalue weighted by atomic mass is 35.5. The average Bonchev–Trinajstić information content (AvgIpc) is 4.05. The van der Waals surface area contributed by atoms with Crippen LogP contribution in [0.5, 0.6) is 0 Å². The van der Waals surface area contributed by atoms with E-state index < -0.39 is 0 Å². The normalized spacial score (nSPS) is 11.8. The standard InChI is InChI=1S/C14H17Cl2N3.2C12H13Cl2N3O.C11H11Cl2N3O/c1-9-5-14(13(16)7-12(9)15)17-8-11-6-10(2)18(3)19(11)4;1-7-3-11(10(14)5-9(7)13)15-6-8-4-12(18)16-17(8)2;1-7-3-11(10(14)5-9(7)13)15-6-8-4-12(18)17(2)16-8;1-6-2-10(9(13)4-8(6)12)14-5-7-3-11(17)16-15-7/h5-7,17H,2,8H2,1,3-4H3;3-5,15H,6H2,1-2H3,(H,16,18);3-5,15-16H,6H2,1-2H3;2-4,14H,5H2,1H3,(H2,15,16,17). The van der Waals surface area contributed by atoms with Crippen molar-refractivity contribution in [2.75, 3.05) is 41.9 Å². The first-order valence-electron chi connectivity index (χ1n) is 21.8. The van der Waals surface area contributed by atoms with Crippen molar-refractivity contribution in [3.05, 3.63) is 201 Å². The lowest BCUT2D eigenvalue weighted by Gasteiger charge is -2.27. The van der Waals surface area contributed by atoms with Crippen molar-refractivity contribution in [3.8, 4) is 0 Å². The molecule has 23 heteroatoms. The van der Waals surface area contributed by atoms with E-state index in [9.17, 15) is 14.4 Å². The molecule has 0 bridgehead atoms. The Balaban J connectivity index is 0.000000178. The van der Waals surface area contributed by atoms with E-state index in [4.69, 9.17) is 92.8 Å². The van der Waals surface area contributed by atoms with E-state index in [2.05, 4.69) is 48.2 Å². The molecule has 8 N–H and O–H groups in total. The zero-order valence-electron chi connectivity index (χ0n) is 40.5. The lowest BCUT2D eigenvalue weighted by molar-refractivity contribution is 0.133. The van der Waals surface area contributed by atoms with Crippen LogP contribution in [0.25, 0.3) is 0 Å². The first-order chi connectivity index (χ1) is 33.9. The molecule has 1 aliphatic rings. The number of halogens is 8. The zero-order chi connectivity index (χ0) is 53.1. The molecule has 0 unspecified atom stereocenters. The van der Waals surface area contributed by atoms with Crippen LogP contribution in [0.15, 0.2) is 105 Å². The van der Waals surface area contributed by atoms with Crippen LogP contribution in [0.2, 0.25) is 40.2 Å². The summed E-state index contributed by atoms with van der Waals surface area (Å²) in [4.78, 5) is 33.3. The molecule has 15 nitrogen and oxygen atoms in total. The maximum Gasteiger partial charge on any atom is 0.266 e. The molecule has 0 aliphatic carbocycles. The molecule has 4 aromatic carbocycles. The number of aryl methyl sites for hydroxylation is 6. The van der Waals surface area contributed by atoms with Crippen molar-refractivity contribution in [1.82, 2.24) is 39.8 Å². The van der Waals surface area contributed by atoms with Gasteiger partial charge in [0, 0.05) is 66.5 Å². The predicted molar refractivity (Wildman–Crippen MR) is 301 cm³/mol. The fraction of sp³-hybridized carbons (Fsp3) is 0.245. The lowest BCUT2D eigenvalue weighted by atomic mass is 10.2. The van der Waals surface area contributed by atoms with Crippen LogP contribution < -0.4 is 37.9 Å². The first kappa shape index (κ1) is 57.4. The number of likely N-dealkylation sites (N-methyl/N-ethyl adjacent to an activating group) is 2. The van der Waals surface area contributed by atoms with Gasteiger partial charge in [0.25, 0.3) is 16.7 Å². The SMILES string of the molecule is C=C1C=C(CNc2cc(C)c(Cl)cc2Cl)N(C)N1C.Cc1cc(NCc2cc(=O)[nH][nH]2)c(Cl)cc1Cl.Cc1cc(NCc2cc(=O)[nH]n2C)c(Cl)cc1Cl.Cc1cc(NCc2cc(=O)n(C)[nH]2)c(Cl)cc1Cl. The minimum Gasteiger partial charge on any atom is -0.378 e. The summed E-state index contributed by atoms with van der Waals surface area (Å²) in [5.74, 6) is 0. The van der Waals surface area contributed by atoms with Crippen LogP contribution in [-0.4, -0.2) is 60.4 Å². The highest BCUT2D eigenvalue weighted by Gasteiger charge is 2.19. The Morgan fingerprint density at radius 2 is 0.861 bits per heavy atom. The number of hydrogen-bond acceptors (Lipinski definition) is 9. The molecule has 0 saturated carbocycles. The summed E-state index contributed by atoms with van der Waals surface area (Å²) < 4.78 is 3.09. The quantitative estimate of drug-likeness (QED) is 0.0591. The van der Waals surface area contributed by atoms with Gasteiger partial charge >= 0.3 is 0 Å². The van der Waals surface area contributed by atoms with E-state index >= 15 is 0 Å². The van der Waals surface area contributed by atoms with Gasteiger partial charge in [-0.05, 0) is 105 Å². The molecule has 384 valence electrons. The van der Waals surface area contributed by atoms with Gasteiger partial charge in [0.05, 0.1) is 97.5 Å². The van der Waals surface area contributed by atoms with Crippen LogP contribution in [0.4, 0.5) is 22.7 Å². The largest absolute Gasteiger partial charge is 0.378 e. The molecule has 0 atom stereocenters. The fourth-order valence-electron chi connectivity index (χ4n) is 6.65. The van der Waals surface area contributed by atoms with Crippen molar-refractivity contribution in [1.29, 1.82) is 0 Å². The molecule has 0 spiro atoms. The summed E-state index contributed by atoms with van der Waals surface area (Å²) in [7, 11) is 7.43. The van der Waals surface area contributed by atoms with Crippen molar-refractivity contribution in [2.24, 2.45) is 14.1 Å². The van der Waals surface area contributed by atoms with Crippen molar-refractivity contribution < 1.29 is 0 Å². The van der Waals surface area contributed by atoms with E-state index in [1.54, 1.807) is 55.2 Å². The number of allylic oxidation sites excluding steroid dienone is 1. The van der Waals surface area contributed by atoms with Crippen LogP contribution in [0, 0.1) is 27.7 Å². The Morgan fingerprint density at radius 3 is 1.21 bits per heavy atom. The van der Waals surface area contributed by atoms with Gasteiger partial charge in [-0.3, -0.25) is 49.1 Å². The lowest BCUT2D eigenvalue weighted by Crippen LogP contribution is -2.31. The third-order valence-corrected chi connectivity index (χ3v) is 13.9. The number of aromatic nitrogens is 6. The van der Waals surface area contributed by atoms with Gasteiger partial charge in [-0.1, -0.05) is 99.4 Å². The molecule has 0 fully saturated rings. The molecule has 0 radical (unpaired) electrons. The van der Waals surface area contributed by atoms with E-state index in [1.165, 1.54) is 10.7 Å². The number of H-pyrrole nitrogens is 4.